The first-order valence-electron chi connectivity index (χ1n) is 9.04. The average Bonchev–Trinajstić information content (AvgIpc) is 3.17. The van der Waals surface area contributed by atoms with E-state index in [0.29, 0.717) is 23.4 Å². The largest absolute Gasteiger partial charge is 0.348 e. The number of imidazole rings is 1. The van der Waals surface area contributed by atoms with Gasteiger partial charge in [-0.25, -0.2) is 13.8 Å². The number of H-pyrrole nitrogens is 1. The summed E-state index contributed by atoms with van der Waals surface area (Å²) < 4.78 is 26.9. The molecular weight excluding hydrogens is 372 g/mol. The van der Waals surface area contributed by atoms with Gasteiger partial charge in [-0.3, -0.25) is 4.79 Å². The number of amides is 1. The van der Waals surface area contributed by atoms with Gasteiger partial charge in [-0.2, -0.15) is 0 Å². The van der Waals surface area contributed by atoms with Crippen molar-refractivity contribution < 1.29 is 13.6 Å². The van der Waals surface area contributed by atoms with Gasteiger partial charge in [0.25, 0.3) is 5.91 Å². The van der Waals surface area contributed by atoms with Crippen LogP contribution in [0.4, 0.5) is 8.78 Å². The summed E-state index contributed by atoms with van der Waals surface area (Å²) in [7, 11) is 0. The number of hydrogen-bond acceptors (Lipinski definition) is 2. The molecule has 2 N–H and O–H groups in total. The molecule has 0 aliphatic heterocycles. The fraction of sp³-hybridized carbons (Fsp3) is 0.0435. The third kappa shape index (κ3) is 4.21. The van der Waals surface area contributed by atoms with Crippen LogP contribution in [0, 0.1) is 11.6 Å². The predicted molar refractivity (Wildman–Crippen MR) is 109 cm³/mol. The van der Waals surface area contributed by atoms with Gasteiger partial charge in [0, 0.05) is 6.54 Å². The fourth-order valence-electron chi connectivity index (χ4n) is 2.96. The highest BCUT2D eigenvalue weighted by Gasteiger charge is 2.17. The minimum absolute atomic E-state index is 0.225. The first kappa shape index (κ1) is 18.6. The van der Waals surface area contributed by atoms with E-state index < -0.39 is 11.6 Å². The lowest BCUT2D eigenvalue weighted by molar-refractivity contribution is -0.115. The second-order valence-electron chi connectivity index (χ2n) is 6.50. The minimum atomic E-state index is -0.979. The second-order valence-corrected chi connectivity index (χ2v) is 6.50. The van der Waals surface area contributed by atoms with Crippen molar-refractivity contribution in [2.24, 2.45) is 0 Å². The number of nitrogens with one attached hydrogen (secondary N) is 2. The molecule has 0 saturated heterocycles. The molecule has 144 valence electrons. The lowest BCUT2D eigenvalue weighted by Gasteiger charge is -2.08. The Morgan fingerprint density at radius 3 is 2.48 bits per heavy atom. The second kappa shape index (κ2) is 8.06. The lowest BCUT2D eigenvalue weighted by atomic mass is 10.1. The maximum absolute atomic E-state index is 13.6. The van der Waals surface area contributed by atoms with E-state index in [-0.39, 0.29) is 11.5 Å². The third-order valence-corrected chi connectivity index (χ3v) is 4.44. The molecule has 1 heterocycles. The Bertz CT molecular complexity index is 1170. The molecule has 4 nitrogen and oxygen atoms in total. The highest BCUT2D eigenvalue weighted by Crippen LogP contribution is 2.21. The number of rotatable bonds is 5. The first-order valence-corrected chi connectivity index (χ1v) is 9.04. The predicted octanol–water partition coefficient (Wildman–Crippen LogP) is 4.70. The van der Waals surface area contributed by atoms with Crippen molar-refractivity contribution in [3.8, 4) is 0 Å². The zero-order valence-electron chi connectivity index (χ0n) is 15.3. The number of para-hydroxylation sites is 2. The van der Waals surface area contributed by atoms with Crippen molar-refractivity contribution in [1.82, 2.24) is 15.3 Å². The van der Waals surface area contributed by atoms with Crippen molar-refractivity contribution in [3.05, 3.63) is 101 Å². The van der Waals surface area contributed by atoms with Crippen molar-refractivity contribution in [3.63, 3.8) is 0 Å². The molecule has 0 spiro atoms. The van der Waals surface area contributed by atoms with E-state index in [1.807, 2.05) is 54.6 Å². The molecule has 3 aromatic carbocycles. The Labute approximate surface area is 165 Å². The Morgan fingerprint density at radius 2 is 1.72 bits per heavy atom. The molecular formula is C23H17F2N3O. The summed E-state index contributed by atoms with van der Waals surface area (Å²) in [5, 5.41) is 2.85. The standard InChI is InChI=1S/C23H17F2N3O/c24-18-11-10-16(13-19(18)25)12-17(22-27-20-8-4-5-9-21(20)28-22)23(29)26-14-15-6-2-1-3-7-15/h1-13H,14H2,(H,26,29)(H,27,28)/b17-12+. The van der Waals surface area contributed by atoms with Crippen LogP contribution in [0.25, 0.3) is 22.7 Å². The Balaban J connectivity index is 1.70. The van der Waals surface area contributed by atoms with Crippen LogP contribution in [0.1, 0.15) is 17.0 Å². The van der Waals surface area contributed by atoms with Crippen LogP contribution in [0.3, 0.4) is 0 Å². The van der Waals surface area contributed by atoms with Crippen LogP contribution in [0.15, 0.2) is 72.8 Å². The molecule has 1 amide bonds. The number of aromatic amines is 1. The molecule has 29 heavy (non-hydrogen) atoms. The summed E-state index contributed by atoms with van der Waals surface area (Å²) in [6.07, 6.45) is 1.49. The van der Waals surface area contributed by atoms with Crippen molar-refractivity contribution in [1.29, 1.82) is 0 Å². The number of fused-ring (bicyclic) bond motifs is 1. The summed E-state index contributed by atoms with van der Waals surface area (Å²) in [4.78, 5) is 20.5. The Morgan fingerprint density at radius 1 is 0.966 bits per heavy atom. The number of nitrogens with zero attached hydrogens (tertiary/aromatic N) is 1. The van der Waals surface area contributed by atoms with Gasteiger partial charge in [-0.05, 0) is 41.5 Å². The summed E-state index contributed by atoms with van der Waals surface area (Å²) in [6.45, 7) is 0.328. The van der Waals surface area contributed by atoms with Crippen molar-refractivity contribution in [2.75, 3.05) is 0 Å². The van der Waals surface area contributed by atoms with E-state index in [0.717, 1.165) is 23.2 Å². The monoisotopic (exact) mass is 389 g/mol. The summed E-state index contributed by atoms with van der Waals surface area (Å²) >= 11 is 0. The van der Waals surface area contributed by atoms with Gasteiger partial charge in [0.2, 0.25) is 0 Å². The van der Waals surface area contributed by atoms with Gasteiger partial charge in [0.05, 0.1) is 16.6 Å². The number of carbonyl (C=O) groups excluding carboxylic acids is 1. The molecule has 4 rings (SSSR count). The SMILES string of the molecule is O=C(NCc1ccccc1)/C(=C/c1ccc(F)c(F)c1)c1nc2ccccc2[nH]1. The summed E-state index contributed by atoms with van der Waals surface area (Å²) in [6, 6.07) is 20.3. The highest BCUT2D eigenvalue weighted by molar-refractivity contribution is 6.23. The topological polar surface area (TPSA) is 57.8 Å². The maximum Gasteiger partial charge on any atom is 0.255 e. The number of aromatic nitrogens is 2. The van der Waals surface area contributed by atoms with Crippen molar-refractivity contribution >= 4 is 28.6 Å². The molecule has 0 aliphatic rings. The quantitative estimate of drug-likeness (QED) is 0.486. The van der Waals surface area contributed by atoms with Crippen LogP contribution in [-0.2, 0) is 11.3 Å². The van der Waals surface area contributed by atoms with Gasteiger partial charge in [0.15, 0.2) is 11.6 Å². The molecule has 0 fully saturated rings. The third-order valence-electron chi connectivity index (χ3n) is 4.44. The number of hydrogen-bond donors (Lipinski definition) is 2. The number of halogens is 2. The van der Waals surface area contributed by atoms with Crippen LogP contribution < -0.4 is 5.32 Å². The molecule has 0 atom stereocenters. The van der Waals surface area contributed by atoms with Gasteiger partial charge < -0.3 is 10.3 Å². The van der Waals surface area contributed by atoms with E-state index in [9.17, 15) is 13.6 Å². The van der Waals surface area contributed by atoms with E-state index in [1.54, 1.807) is 0 Å². The summed E-state index contributed by atoms with van der Waals surface area (Å²) in [5.74, 6) is -1.95. The zero-order chi connectivity index (χ0) is 20.2. The van der Waals surface area contributed by atoms with Crippen molar-refractivity contribution in [2.45, 2.75) is 6.54 Å². The zero-order valence-corrected chi connectivity index (χ0v) is 15.3. The minimum Gasteiger partial charge on any atom is -0.348 e. The molecule has 0 saturated carbocycles. The molecule has 6 heteroatoms. The molecule has 0 bridgehead atoms. The van der Waals surface area contributed by atoms with Crippen LogP contribution >= 0.6 is 0 Å². The molecule has 0 aliphatic carbocycles. The summed E-state index contributed by atoms with van der Waals surface area (Å²) in [5.41, 5.74) is 3.00. The number of benzene rings is 3. The average molecular weight is 389 g/mol. The van der Waals surface area contributed by atoms with Gasteiger partial charge in [0.1, 0.15) is 5.82 Å². The fourth-order valence-corrected chi connectivity index (χ4v) is 2.96. The van der Waals surface area contributed by atoms with E-state index in [2.05, 4.69) is 15.3 Å². The van der Waals surface area contributed by atoms with Crippen LogP contribution in [0.2, 0.25) is 0 Å². The lowest BCUT2D eigenvalue weighted by Crippen LogP contribution is -2.24. The molecule has 0 unspecified atom stereocenters. The van der Waals surface area contributed by atoms with Gasteiger partial charge in [-0.15, -0.1) is 0 Å². The normalized spacial score (nSPS) is 11.6. The van der Waals surface area contributed by atoms with Gasteiger partial charge in [-0.1, -0.05) is 48.5 Å². The van der Waals surface area contributed by atoms with Gasteiger partial charge >= 0.3 is 0 Å². The highest BCUT2D eigenvalue weighted by atomic mass is 19.2. The molecule has 1 aromatic heterocycles. The first-order chi connectivity index (χ1) is 14.1. The van der Waals surface area contributed by atoms with Crippen LogP contribution in [0.5, 0.6) is 0 Å². The molecule has 0 radical (unpaired) electrons. The van der Waals surface area contributed by atoms with E-state index in [4.69, 9.17) is 0 Å². The van der Waals surface area contributed by atoms with Crippen LogP contribution in [-0.4, -0.2) is 15.9 Å². The Kier molecular flexibility index (Phi) is 5.16. The maximum atomic E-state index is 13.6. The van der Waals surface area contributed by atoms with E-state index >= 15 is 0 Å². The molecule has 4 aromatic rings. The number of carbonyl (C=O) groups is 1. The Hall–Kier alpha value is -3.80. The van der Waals surface area contributed by atoms with E-state index in [1.165, 1.54) is 12.1 Å². The smallest absolute Gasteiger partial charge is 0.255 e.